The average Bonchev–Trinajstić information content (AvgIpc) is 2.68. The largest absolute Gasteiger partial charge is 0.416 e. The van der Waals surface area contributed by atoms with Gasteiger partial charge in [0.25, 0.3) is 0 Å². The first kappa shape index (κ1) is 23.1. The summed E-state index contributed by atoms with van der Waals surface area (Å²) in [6.45, 7) is 31.6. The first-order chi connectivity index (χ1) is 10.9. The van der Waals surface area contributed by atoms with Crippen LogP contribution in [0.25, 0.3) is 0 Å². The fourth-order valence-corrected chi connectivity index (χ4v) is 5.08. The van der Waals surface area contributed by atoms with Crippen molar-refractivity contribution in [1.29, 1.82) is 0 Å². The molecule has 0 radical (unpaired) electrons. The topological polar surface area (TPSA) is 18.5 Å². The van der Waals surface area contributed by atoms with Gasteiger partial charge in [0.2, 0.25) is 0 Å². The lowest BCUT2D eigenvalue weighted by atomic mass is 9.87. The molecular weight excluding hydrogens is 340 g/mol. The molecule has 1 fully saturated rings. The Hall–Kier alpha value is 0.0938. The molecule has 0 amide bonds. The molecule has 2 nitrogen and oxygen atoms in total. The maximum atomic E-state index is 6.66. The predicted molar refractivity (Wildman–Crippen MR) is 116 cm³/mol. The van der Waals surface area contributed by atoms with Gasteiger partial charge in [0.05, 0.1) is 0 Å². The van der Waals surface area contributed by atoms with Gasteiger partial charge in [0.15, 0.2) is 16.6 Å². The van der Waals surface area contributed by atoms with Crippen LogP contribution in [0.1, 0.15) is 61.3 Å². The highest BCUT2D eigenvalue weighted by Crippen LogP contribution is 2.48. The zero-order valence-electron chi connectivity index (χ0n) is 18.9. The molecular formula is C21H44O2Si2. The second kappa shape index (κ2) is 7.25. The van der Waals surface area contributed by atoms with Crippen LogP contribution >= 0.6 is 0 Å². The average molecular weight is 385 g/mol. The first-order valence-electron chi connectivity index (χ1n) is 9.88. The normalized spacial score (nSPS) is 22.5. The Labute approximate surface area is 160 Å². The third kappa shape index (κ3) is 5.54. The lowest BCUT2D eigenvalue weighted by Crippen LogP contribution is -2.47. The van der Waals surface area contributed by atoms with Gasteiger partial charge in [0, 0.05) is 18.6 Å². The molecule has 0 bridgehead atoms. The van der Waals surface area contributed by atoms with E-state index in [-0.39, 0.29) is 15.5 Å². The van der Waals surface area contributed by atoms with Crippen LogP contribution in [0.2, 0.25) is 36.3 Å². The highest BCUT2D eigenvalue weighted by atomic mass is 28.4. The fraction of sp³-hybridized carbons (Fsp3) is 0.905. The van der Waals surface area contributed by atoms with Crippen LogP contribution in [0.15, 0.2) is 12.2 Å². The molecule has 0 aromatic rings. The van der Waals surface area contributed by atoms with Crippen molar-refractivity contribution in [3.8, 4) is 0 Å². The van der Waals surface area contributed by atoms with E-state index >= 15 is 0 Å². The highest BCUT2D eigenvalue weighted by molar-refractivity contribution is 6.74. The zero-order chi connectivity index (χ0) is 19.9. The van der Waals surface area contributed by atoms with Crippen molar-refractivity contribution in [1.82, 2.24) is 0 Å². The lowest BCUT2D eigenvalue weighted by molar-refractivity contribution is 0.0687. The maximum Gasteiger partial charge on any atom is 0.192 e. The van der Waals surface area contributed by atoms with Gasteiger partial charge in [-0.2, -0.15) is 0 Å². The standard InChI is InChI=1S/C21H44O2Si2/c1-17-13-21(14-18(17)2,15-22-24(9,10)19(3,4)5)16-23-25(11,12)20(6,7)8/h18H,1,13-16H2,2-12H3. The minimum absolute atomic E-state index is 0.113. The summed E-state index contributed by atoms with van der Waals surface area (Å²) in [6.07, 6.45) is 2.20. The van der Waals surface area contributed by atoms with E-state index in [0.717, 1.165) is 26.1 Å². The van der Waals surface area contributed by atoms with Gasteiger partial charge >= 0.3 is 0 Å². The van der Waals surface area contributed by atoms with Crippen molar-refractivity contribution >= 4 is 16.6 Å². The van der Waals surface area contributed by atoms with E-state index in [1.165, 1.54) is 5.57 Å². The van der Waals surface area contributed by atoms with Crippen LogP contribution < -0.4 is 0 Å². The van der Waals surface area contributed by atoms with Crippen molar-refractivity contribution < 1.29 is 8.85 Å². The molecule has 0 aromatic heterocycles. The van der Waals surface area contributed by atoms with Crippen LogP contribution in [0.3, 0.4) is 0 Å². The molecule has 1 aliphatic carbocycles. The summed E-state index contributed by atoms with van der Waals surface area (Å²) in [5.74, 6) is 0.575. The molecule has 0 saturated heterocycles. The van der Waals surface area contributed by atoms with Gasteiger partial charge in [-0.25, -0.2) is 0 Å². The van der Waals surface area contributed by atoms with Crippen LogP contribution in [-0.2, 0) is 8.85 Å². The summed E-state index contributed by atoms with van der Waals surface area (Å²) < 4.78 is 13.3. The molecule has 148 valence electrons. The number of allylic oxidation sites excluding steroid dienone is 1. The Morgan fingerprint density at radius 1 is 0.920 bits per heavy atom. The Kier molecular flexibility index (Phi) is 6.71. The molecule has 1 aliphatic rings. The highest BCUT2D eigenvalue weighted by Gasteiger charge is 2.46. The minimum atomic E-state index is -1.75. The molecule has 4 heteroatoms. The van der Waals surface area contributed by atoms with Crippen molar-refractivity contribution in [3.05, 3.63) is 12.2 Å². The smallest absolute Gasteiger partial charge is 0.192 e. The molecule has 1 atom stereocenters. The summed E-state index contributed by atoms with van der Waals surface area (Å²) in [7, 11) is -3.50. The van der Waals surface area contributed by atoms with E-state index in [1.807, 2.05) is 0 Å². The maximum absolute atomic E-state index is 6.66. The van der Waals surface area contributed by atoms with Crippen molar-refractivity contribution in [2.75, 3.05) is 13.2 Å². The minimum Gasteiger partial charge on any atom is -0.416 e. The van der Waals surface area contributed by atoms with E-state index in [0.29, 0.717) is 5.92 Å². The summed E-state index contributed by atoms with van der Waals surface area (Å²) in [4.78, 5) is 0. The fourth-order valence-electron chi connectivity index (χ4n) is 2.88. The monoisotopic (exact) mass is 384 g/mol. The Balaban J connectivity index is 2.92. The first-order valence-corrected chi connectivity index (χ1v) is 15.7. The third-order valence-corrected chi connectivity index (χ3v) is 16.1. The van der Waals surface area contributed by atoms with Gasteiger partial charge in [-0.05, 0) is 55.0 Å². The van der Waals surface area contributed by atoms with Gasteiger partial charge in [-0.3, -0.25) is 0 Å². The quantitative estimate of drug-likeness (QED) is 0.362. The predicted octanol–water partition coefficient (Wildman–Crippen LogP) is 7.00. The Morgan fingerprint density at radius 2 is 1.28 bits per heavy atom. The van der Waals surface area contributed by atoms with E-state index < -0.39 is 16.6 Å². The molecule has 1 unspecified atom stereocenters. The summed E-state index contributed by atoms with van der Waals surface area (Å²) >= 11 is 0. The van der Waals surface area contributed by atoms with Crippen LogP contribution in [0.5, 0.6) is 0 Å². The van der Waals surface area contributed by atoms with Crippen LogP contribution in [0, 0.1) is 11.3 Å². The number of rotatable bonds is 6. The second-order valence-corrected chi connectivity index (χ2v) is 21.2. The number of hydrogen-bond donors (Lipinski definition) is 0. The van der Waals surface area contributed by atoms with Gasteiger partial charge in [-0.1, -0.05) is 60.6 Å². The van der Waals surface area contributed by atoms with E-state index in [2.05, 4.69) is 81.2 Å². The molecule has 25 heavy (non-hydrogen) atoms. The van der Waals surface area contributed by atoms with Crippen molar-refractivity contribution in [2.45, 2.75) is 97.6 Å². The van der Waals surface area contributed by atoms with Crippen LogP contribution in [-0.4, -0.2) is 29.8 Å². The van der Waals surface area contributed by atoms with Gasteiger partial charge in [-0.15, -0.1) is 0 Å². The lowest BCUT2D eigenvalue weighted by Gasteiger charge is -2.42. The van der Waals surface area contributed by atoms with Gasteiger partial charge in [0.1, 0.15) is 0 Å². The van der Waals surface area contributed by atoms with Crippen molar-refractivity contribution in [2.24, 2.45) is 11.3 Å². The zero-order valence-corrected chi connectivity index (χ0v) is 20.9. The SMILES string of the molecule is C=C1CC(CO[Si](C)(C)C(C)(C)C)(CO[Si](C)(C)C(C)(C)C)CC1C. The van der Waals surface area contributed by atoms with Crippen LogP contribution in [0.4, 0.5) is 0 Å². The molecule has 0 aliphatic heterocycles. The molecule has 0 heterocycles. The second-order valence-electron chi connectivity index (χ2n) is 11.5. The molecule has 0 aromatic carbocycles. The molecule has 0 spiro atoms. The van der Waals surface area contributed by atoms with Crippen molar-refractivity contribution in [3.63, 3.8) is 0 Å². The summed E-state index contributed by atoms with van der Waals surface area (Å²) in [5, 5.41) is 0.491. The van der Waals surface area contributed by atoms with E-state index in [1.54, 1.807) is 0 Å². The molecule has 1 rings (SSSR count). The van der Waals surface area contributed by atoms with E-state index in [9.17, 15) is 0 Å². The van der Waals surface area contributed by atoms with Gasteiger partial charge < -0.3 is 8.85 Å². The summed E-state index contributed by atoms with van der Waals surface area (Å²) in [6, 6.07) is 0. The summed E-state index contributed by atoms with van der Waals surface area (Å²) in [5.41, 5.74) is 1.49. The van der Waals surface area contributed by atoms with E-state index in [4.69, 9.17) is 8.85 Å². The number of hydrogen-bond acceptors (Lipinski definition) is 2. The molecule has 1 saturated carbocycles. The third-order valence-electron chi connectivity index (χ3n) is 7.13. The Morgan fingerprint density at radius 3 is 1.52 bits per heavy atom. The molecule has 0 N–H and O–H groups in total. The Bertz CT molecular complexity index is 451.